The summed E-state index contributed by atoms with van der Waals surface area (Å²) < 4.78 is 85.7. The fraction of sp³-hybridized carbons (Fsp3) is 0.244. The number of rotatable bonds is 9. The standard InChI is InChI=1S/C44H43O7S.CHF3O3S/c1-43(2,3)50-41(45)48-34-18-22-36(23-19-34)52(37-24-20-35(21-25-37)49-42(46)51-44(4,5)6)40-17-10-9-16-39(40)47-27-26-30-14-11-15-33-28-31-12-7-8-13-32(31)29-38(30)33;2-1(3,4)8(5,6)7/h7-25,28-29H,26-27H2,1-6H3;(H,5,6,7)/q+1;. The number of carbonyl (C=O) groups excluding carboxylic acids is 2. The van der Waals surface area contributed by atoms with Crippen LogP contribution in [0.15, 0.2) is 142 Å². The van der Waals surface area contributed by atoms with Gasteiger partial charge in [-0.2, -0.15) is 21.6 Å². The van der Waals surface area contributed by atoms with Crippen LogP contribution in [0, 0.1) is 0 Å². The van der Waals surface area contributed by atoms with Crippen molar-refractivity contribution in [3.05, 3.63) is 133 Å². The first kappa shape index (κ1) is 45.3. The lowest BCUT2D eigenvalue weighted by atomic mass is 9.98. The number of alkyl halides is 3. The maximum Gasteiger partial charge on any atom is 0.522 e. The van der Waals surface area contributed by atoms with Gasteiger partial charge in [0.2, 0.25) is 4.90 Å². The highest BCUT2D eigenvalue weighted by molar-refractivity contribution is 7.97. The fourth-order valence-electron chi connectivity index (χ4n) is 5.67. The van der Waals surface area contributed by atoms with E-state index in [-0.39, 0.29) is 0 Å². The molecule has 0 saturated carbocycles. The smallest absolute Gasteiger partial charge is 0.488 e. The summed E-state index contributed by atoms with van der Waals surface area (Å²) in [6, 6.07) is 42.1. The molecule has 15 heteroatoms. The Morgan fingerprint density at radius 2 is 1.07 bits per heavy atom. The zero-order valence-electron chi connectivity index (χ0n) is 33.6. The summed E-state index contributed by atoms with van der Waals surface area (Å²) in [6.45, 7) is 11.2. The van der Waals surface area contributed by atoms with Crippen molar-refractivity contribution in [3.63, 3.8) is 0 Å². The van der Waals surface area contributed by atoms with Gasteiger partial charge in [-0.15, -0.1) is 0 Å². The van der Waals surface area contributed by atoms with E-state index in [2.05, 4.69) is 60.7 Å². The van der Waals surface area contributed by atoms with Crippen LogP contribution >= 0.6 is 0 Å². The number of carbonyl (C=O) groups is 2. The number of benzene rings is 6. The third-order valence-corrected chi connectivity index (χ3v) is 11.0. The first-order valence-corrected chi connectivity index (χ1v) is 21.1. The van der Waals surface area contributed by atoms with Gasteiger partial charge in [-0.25, -0.2) is 9.59 Å². The second-order valence-corrected chi connectivity index (χ2v) is 18.6. The topological polar surface area (TPSA) is 135 Å². The molecule has 1 N–H and O–H groups in total. The van der Waals surface area contributed by atoms with Crippen LogP contribution in [-0.4, -0.2) is 48.6 Å². The van der Waals surface area contributed by atoms with E-state index in [1.165, 1.54) is 27.1 Å². The van der Waals surface area contributed by atoms with Crippen molar-refractivity contribution in [2.75, 3.05) is 6.61 Å². The van der Waals surface area contributed by atoms with Crippen molar-refractivity contribution >= 4 is 54.9 Å². The van der Waals surface area contributed by atoms with E-state index in [9.17, 15) is 22.8 Å². The Balaban J connectivity index is 0.000000774. The van der Waals surface area contributed by atoms with Crippen LogP contribution in [0.4, 0.5) is 22.8 Å². The zero-order chi connectivity index (χ0) is 43.9. The van der Waals surface area contributed by atoms with Crippen molar-refractivity contribution in [3.8, 4) is 17.2 Å². The summed E-state index contributed by atoms with van der Waals surface area (Å²) in [4.78, 5) is 27.6. The van der Waals surface area contributed by atoms with Gasteiger partial charge in [0, 0.05) is 6.42 Å². The molecular weight excluding hydrogens is 822 g/mol. The monoisotopic (exact) mass is 865 g/mol. The maximum absolute atomic E-state index is 12.3. The Morgan fingerprint density at radius 1 is 0.617 bits per heavy atom. The van der Waals surface area contributed by atoms with E-state index >= 15 is 0 Å². The van der Waals surface area contributed by atoms with Gasteiger partial charge in [-0.1, -0.05) is 54.6 Å². The Bertz CT molecular complexity index is 2470. The summed E-state index contributed by atoms with van der Waals surface area (Å²) in [5.74, 6) is 1.50. The Kier molecular flexibility index (Phi) is 14.1. The lowest BCUT2D eigenvalue weighted by molar-refractivity contribution is -0.0510. The molecule has 316 valence electrons. The number of para-hydroxylation sites is 1. The van der Waals surface area contributed by atoms with Crippen molar-refractivity contribution < 1.29 is 59.4 Å². The molecule has 0 aliphatic heterocycles. The highest BCUT2D eigenvalue weighted by Crippen LogP contribution is 2.38. The van der Waals surface area contributed by atoms with Gasteiger partial charge >= 0.3 is 27.9 Å². The molecule has 0 fully saturated rings. The van der Waals surface area contributed by atoms with Crippen LogP contribution in [0.3, 0.4) is 0 Å². The predicted molar refractivity (Wildman–Crippen MR) is 223 cm³/mol. The largest absolute Gasteiger partial charge is 0.522 e. The number of hydrogen-bond acceptors (Lipinski definition) is 9. The highest BCUT2D eigenvalue weighted by Gasteiger charge is 2.44. The second kappa shape index (κ2) is 18.7. The van der Waals surface area contributed by atoms with E-state index in [4.69, 9.17) is 36.7 Å². The van der Waals surface area contributed by atoms with Gasteiger partial charge in [-0.3, -0.25) is 4.55 Å². The zero-order valence-corrected chi connectivity index (χ0v) is 35.2. The van der Waals surface area contributed by atoms with Crippen LogP contribution in [0.1, 0.15) is 47.1 Å². The normalized spacial score (nSPS) is 12.1. The van der Waals surface area contributed by atoms with Crippen molar-refractivity contribution in [2.24, 2.45) is 0 Å². The van der Waals surface area contributed by atoms with E-state index in [1.54, 1.807) is 65.8 Å². The van der Waals surface area contributed by atoms with Gasteiger partial charge in [0.25, 0.3) is 0 Å². The minimum atomic E-state index is -5.84. The van der Waals surface area contributed by atoms with Crippen LogP contribution in [-0.2, 0) is 36.9 Å². The predicted octanol–water partition coefficient (Wildman–Crippen LogP) is 11.7. The Hall–Kier alpha value is -5.77. The van der Waals surface area contributed by atoms with Crippen molar-refractivity contribution in [1.82, 2.24) is 0 Å². The van der Waals surface area contributed by atoms with Crippen molar-refractivity contribution in [1.29, 1.82) is 0 Å². The molecule has 60 heavy (non-hydrogen) atoms. The lowest BCUT2D eigenvalue weighted by Crippen LogP contribution is -2.26. The summed E-state index contributed by atoms with van der Waals surface area (Å²) >= 11 is 0. The highest BCUT2D eigenvalue weighted by atomic mass is 32.2. The summed E-state index contributed by atoms with van der Waals surface area (Å²) in [5.41, 5.74) is -5.66. The van der Waals surface area contributed by atoms with Crippen molar-refractivity contribution in [2.45, 2.75) is 79.4 Å². The number of ether oxygens (including phenoxy) is 5. The van der Waals surface area contributed by atoms with Crippen LogP contribution in [0.5, 0.6) is 17.2 Å². The molecule has 0 bridgehead atoms. The average Bonchev–Trinajstić information content (AvgIpc) is 3.14. The molecule has 0 amide bonds. The molecule has 6 aromatic carbocycles. The molecule has 0 aliphatic carbocycles. The molecule has 6 aromatic rings. The molecule has 0 radical (unpaired) electrons. The fourth-order valence-corrected chi connectivity index (χ4v) is 7.81. The number of halogens is 3. The molecule has 6 rings (SSSR count). The van der Waals surface area contributed by atoms with E-state index in [0.29, 0.717) is 18.1 Å². The number of fused-ring (bicyclic) bond motifs is 2. The first-order valence-electron chi connectivity index (χ1n) is 18.5. The molecule has 0 aliphatic rings. The molecule has 0 spiro atoms. The van der Waals surface area contributed by atoms with E-state index in [0.717, 1.165) is 26.9 Å². The minimum Gasteiger partial charge on any atom is -0.488 e. The minimum absolute atomic E-state index is 0.370. The molecule has 0 aromatic heterocycles. The van der Waals surface area contributed by atoms with Gasteiger partial charge in [0.05, 0.1) is 6.61 Å². The van der Waals surface area contributed by atoms with Crippen LogP contribution in [0.25, 0.3) is 21.5 Å². The third kappa shape index (κ3) is 12.9. The summed E-state index contributed by atoms with van der Waals surface area (Å²) in [5, 5.41) is 4.86. The Morgan fingerprint density at radius 3 is 1.55 bits per heavy atom. The van der Waals surface area contributed by atoms with E-state index < -0.39 is 50.0 Å². The average molecular weight is 866 g/mol. The molecule has 0 atom stereocenters. The maximum atomic E-state index is 12.3. The molecular formula is C45H44F3O10S2+. The summed E-state index contributed by atoms with van der Waals surface area (Å²) in [6.07, 6.45) is -0.804. The molecule has 0 unspecified atom stereocenters. The quantitative estimate of drug-likeness (QED) is 0.0374. The van der Waals surface area contributed by atoms with Gasteiger partial charge in [-0.05, 0) is 141 Å². The molecule has 0 heterocycles. The molecule has 10 nitrogen and oxygen atoms in total. The SMILES string of the molecule is CC(C)(C)OC(=O)Oc1ccc([S+](c2ccc(OC(=O)OC(C)(C)C)cc2)c2ccccc2OCCc2cccc3cc4ccccc4cc23)cc1.O=S(=O)(O)C(F)(F)F. The van der Waals surface area contributed by atoms with Gasteiger partial charge in [0.1, 0.15) is 33.6 Å². The van der Waals surface area contributed by atoms with Gasteiger partial charge in [0.15, 0.2) is 15.5 Å². The molecule has 0 saturated heterocycles. The first-order chi connectivity index (χ1) is 28.1. The van der Waals surface area contributed by atoms with Gasteiger partial charge < -0.3 is 23.7 Å². The van der Waals surface area contributed by atoms with Crippen LogP contribution in [0.2, 0.25) is 0 Å². The van der Waals surface area contributed by atoms with Crippen LogP contribution < -0.4 is 14.2 Å². The number of hydrogen-bond donors (Lipinski definition) is 1. The van der Waals surface area contributed by atoms with E-state index in [1.807, 2.05) is 42.5 Å². The summed E-state index contributed by atoms with van der Waals surface area (Å²) in [7, 11) is -6.49. The lowest BCUT2D eigenvalue weighted by Gasteiger charge is -2.19. The third-order valence-electron chi connectivity index (χ3n) is 8.13. The Labute approximate surface area is 349 Å². The second-order valence-electron chi connectivity index (χ2n) is 15.2.